The predicted octanol–water partition coefficient (Wildman–Crippen LogP) is 5.08. The summed E-state index contributed by atoms with van der Waals surface area (Å²) in [5, 5.41) is 12.3. The highest BCUT2D eigenvalue weighted by Gasteiger charge is 2.23. The summed E-state index contributed by atoms with van der Waals surface area (Å²) in [5.41, 5.74) is 6.74. The number of carboxylic acid groups (broad SMARTS) is 1. The molecule has 9 heteroatoms. The Bertz CT molecular complexity index is 1610. The molecule has 0 saturated carbocycles. The lowest BCUT2D eigenvalue weighted by Gasteiger charge is -2.33. The molecule has 5 rings (SSSR count). The molecule has 2 aromatic carbocycles. The van der Waals surface area contributed by atoms with Crippen molar-refractivity contribution >= 4 is 29.5 Å². The van der Waals surface area contributed by atoms with E-state index in [0.29, 0.717) is 12.3 Å². The molecule has 0 fully saturated rings. The third-order valence-corrected chi connectivity index (χ3v) is 6.55. The van der Waals surface area contributed by atoms with Crippen molar-refractivity contribution in [1.82, 2.24) is 14.8 Å². The van der Waals surface area contributed by atoms with Gasteiger partial charge in [0.1, 0.15) is 11.5 Å². The molecule has 1 aliphatic heterocycles. The first-order valence-electron chi connectivity index (χ1n) is 12.6. The van der Waals surface area contributed by atoms with E-state index in [-0.39, 0.29) is 11.3 Å². The van der Waals surface area contributed by atoms with Gasteiger partial charge in [-0.1, -0.05) is 0 Å². The Morgan fingerprint density at radius 1 is 1.15 bits per heavy atom. The van der Waals surface area contributed by atoms with Crippen LogP contribution in [0, 0.1) is 0 Å². The van der Waals surface area contributed by atoms with Gasteiger partial charge in [-0.2, -0.15) is 0 Å². The van der Waals surface area contributed by atoms with Gasteiger partial charge in [0.25, 0.3) is 5.56 Å². The number of pyridine rings is 1. The second-order valence-electron chi connectivity index (χ2n) is 8.88. The highest BCUT2D eigenvalue weighted by Crippen LogP contribution is 2.41. The van der Waals surface area contributed by atoms with Gasteiger partial charge < -0.3 is 19.5 Å². The van der Waals surface area contributed by atoms with E-state index in [1.807, 2.05) is 37.3 Å². The highest BCUT2D eigenvalue weighted by atomic mass is 16.5. The Morgan fingerprint density at radius 2 is 1.97 bits per heavy atom. The van der Waals surface area contributed by atoms with E-state index < -0.39 is 11.5 Å². The number of aromatic amines is 1. The van der Waals surface area contributed by atoms with Crippen molar-refractivity contribution in [2.75, 3.05) is 25.2 Å². The monoisotopic (exact) mass is 524 g/mol. The molecule has 4 aromatic rings. The first-order valence-corrected chi connectivity index (χ1v) is 12.6. The second kappa shape index (κ2) is 11.2. The molecule has 0 bridgehead atoms. The number of H-pyrrole nitrogens is 1. The third kappa shape index (κ3) is 5.08. The Labute approximate surface area is 225 Å². The van der Waals surface area contributed by atoms with Crippen molar-refractivity contribution in [2.24, 2.45) is 0 Å². The van der Waals surface area contributed by atoms with Crippen LogP contribution in [0.25, 0.3) is 17.8 Å². The fraction of sp³-hybridized carbons (Fsp3) is 0.200. The summed E-state index contributed by atoms with van der Waals surface area (Å²) in [5.74, 6) is 0.318. The van der Waals surface area contributed by atoms with Gasteiger partial charge >= 0.3 is 5.97 Å². The maximum atomic E-state index is 13.0. The summed E-state index contributed by atoms with van der Waals surface area (Å²) >= 11 is 0. The largest absolute Gasteiger partial charge is 0.497 e. The average molecular weight is 525 g/mol. The fourth-order valence-electron chi connectivity index (χ4n) is 4.75. The number of hydrogen-bond donors (Lipinski definition) is 2. The van der Waals surface area contributed by atoms with Gasteiger partial charge in [0.05, 0.1) is 31.2 Å². The van der Waals surface area contributed by atoms with Gasteiger partial charge in [-0.25, -0.2) is 9.48 Å². The Kier molecular flexibility index (Phi) is 7.34. The van der Waals surface area contributed by atoms with Gasteiger partial charge in [-0.05, 0) is 80.4 Å². The van der Waals surface area contributed by atoms with Gasteiger partial charge in [0.15, 0.2) is 5.69 Å². The van der Waals surface area contributed by atoms with E-state index in [1.165, 1.54) is 12.3 Å². The summed E-state index contributed by atoms with van der Waals surface area (Å²) in [6.07, 6.45) is 7.96. The number of anilines is 2. The lowest BCUT2D eigenvalue weighted by atomic mass is 9.96. The molecule has 2 N–H and O–H groups in total. The van der Waals surface area contributed by atoms with Gasteiger partial charge in [0, 0.05) is 35.2 Å². The normalized spacial score (nSPS) is 12.3. The summed E-state index contributed by atoms with van der Waals surface area (Å²) in [4.78, 5) is 31.1. The van der Waals surface area contributed by atoms with Gasteiger partial charge in [-0.3, -0.25) is 14.9 Å². The van der Waals surface area contributed by atoms with Crippen LogP contribution in [-0.4, -0.2) is 46.1 Å². The summed E-state index contributed by atoms with van der Waals surface area (Å²) in [6.45, 7) is 3.31. The van der Waals surface area contributed by atoms with E-state index in [1.54, 1.807) is 31.5 Å². The van der Waals surface area contributed by atoms with Crippen molar-refractivity contribution in [3.8, 4) is 17.2 Å². The zero-order valence-electron chi connectivity index (χ0n) is 21.7. The number of benzene rings is 2. The van der Waals surface area contributed by atoms with Crippen LogP contribution in [0.4, 0.5) is 11.4 Å². The molecule has 9 nitrogen and oxygen atoms in total. The zero-order valence-corrected chi connectivity index (χ0v) is 21.7. The molecule has 2 aromatic heterocycles. The Hall–Kier alpha value is -5.01. The lowest BCUT2D eigenvalue weighted by molar-refractivity contribution is 0.0689. The Morgan fingerprint density at radius 3 is 2.67 bits per heavy atom. The van der Waals surface area contributed by atoms with Crippen LogP contribution in [-0.2, 0) is 6.42 Å². The second-order valence-corrected chi connectivity index (χ2v) is 8.88. The molecule has 0 amide bonds. The van der Waals surface area contributed by atoms with Crippen LogP contribution in [0.2, 0.25) is 0 Å². The molecule has 0 radical (unpaired) electrons. The number of hydrogen-bond acceptors (Lipinski definition) is 6. The standard InChI is InChI=1S/C30H28N4O5/c1-3-39-28-20(11-16-26-24(28)10-6-18-33(26)21-12-14-23(38-2)15-13-21)7-4-9-25-27(30(36)37)32-34(29(25)35)22-8-5-17-31-19-22/h5,7-9,11-17,19,32H,3,6,10,18H2,1-2H3,(H,36,37). The first kappa shape index (κ1) is 25.6. The van der Waals surface area contributed by atoms with Crippen LogP contribution in [0.15, 0.2) is 71.5 Å². The van der Waals surface area contributed by atoms with Crippen LogP contribution < -0.4 is 19.9 Å². The lowest BCUT2D eigenvalue weighted by Crippen LogP contribution is -2.25. The number of aromatic carboxylic acids is 1. The van der Waals surface area contributed by atoms with Crippen molar-refractivity contribution < 1.29 is 19.4 Å². The number of nitrogens with one attached hydrogen (secondary N) is 1. The fourth-order valence-corrected chi connectivity index (χ4v) is 4.75. The van der Waals surface area contributed by atoms with Crippen molar-refractivity contribution in [3.05, 3.63) is 99.4 Å². The first-order chi connectivity index (χ1) is 19.0. The molecule has 0 unspecified atom stereocenters. The van der Waals surface area contributed by atoms with Crippen molar-refractivity contribution in [3.63, 3.8) is 0 Å². The highest BCUT2D eigenvalue weighted by molar-refractivity contribution is 5.90. The number of carboxylic acids is 1. The number of nitrogens with zero attached hydrogens (tertiary/aromatic N) is 3. The predicted molar refractivity (Wildman–Crippen MR) is 150 cm³/mol. The minimum atomic E-state index is -1.25. The summed E-state index contributed by atoms with van der Waals surface area (Å²) < 4.78 is 12.6. The van der Waals surface area contributed by atoms with Crippen LogP contribution in [0.3, 0.4) is 0 Å². The van der Waals surface area contributed by atoms with E-state index in [2.05, 4.69) is 26.8 Å². The topological polar surface area (TPSA) is 110 Å². The number of fused-ring (bicyclic) bond motifs is 1. The van der Waals surface area contributed by atoms with Crippen LogP contribution >= 0.6 is 0 Å². The van der Waals surface area contributed by atoms with E-state index >= 15 is 0 Å². The zero-order chi connectivity index (χ0) is 27.4. The van der Waals surface area contributed by atoms with Crippen molar-refractivity contribution in [2.45, 2.75) is 19.8 Å². The molecule has 198 valence electrons. The van der Waals surface area contributed by atoms with E-state index in [0.717, 1.165) is 58.1 Å². The molecule has 3 heterocycles. The molecule has 0 saturated heterocycles. The molecule has 0 aliphatic carbocycles. The van der Waals surface area contributed by atoms with Gasteiger partial charge in [-0.15, -0.1) is 5.73 Å². The molecule has 39 heavy (non-hydrogen) atoms. The van der Waals surface area contributed by atoms with E-state index in [4.69, 9.17) is 9.47 Å². The smallest absolute Gasteiger partial charge is 0.354 e. The van der Waals surface area contributed by atoms with E-state index in [9.17, 15) is 14.7 Å². The molecule has 0 atom stereocenters. The molecular weight excluding hydrogens is 496 g/mol. The minimum absolute atomic E-state index is 0.01000. The average Bonchev–Trinajstić information content (AvgIpc) is 3.30. The number of carbonyl (C=O) groups is 1. The quantitative estimate of drug-likeness (QED) is 0.310. The number of aromatic nitrogens is 3. The van der Waals surface area contributed by atoms with Crippen LogP contribution in [0.1, 0.15) is 40.5 Å². The van der Waals surface area contributed by atoms with Gasteiger partial charge in [0.2, 0.25) is 0 Å². The maximum absolute atomic E-state index is 13.0. The minimum Gasteiger partial charge on any atom is -0.497 e. The maximum Gasteiger partial charge on any atom is 0.354 e. The molecular formula is C30H28N4O5. The SMILES string of the molecule is CCOc1c(C=C=Cc2c(C(=O)O)[nH]n(-c3cccnc3)c2=O)ccc2c1CCCN2c1ccc(OC)cc1. The molecule has 0 spiro atoms. The summed E-state index contributed by atoms with van der Waals surface area (Å²) in [7, 11) is 1.65. The van der Waals surface area contributed by atoms with Crippen LogP contribution in [0.5, 0.6) is 11.5 Å². The van der Waals surface area contributed by atoms with Crippen molar-refractivity contribution in [1.29, 1.82) is 0 Å². The number of methoxy groups -OCH3 is 1. The molecule has 1 aliphatic rings. The summed E-state index contributed by atoms with van der Waals surface area (Å²) in [6, 6.07) is 15.3. The third-order valence-electron chi connectivity index (χ3n) is 6.55. The number of rotatable bonds is 8. The Balaban J connectivity index is 1.53. The number of ether oxygens (including phenoxy) is 2.